The number of hydrogen-bond acceptors (Lipinski definition) is 3. The molecule has 3 heterocycles. The average molecular weight is 315 g/mol. The Morgan fingerprint density at radius 2 is 1.84 bits per heavy atom. The van der Waals surface area contributed by atoms with Crippen LogP contribution in [0.2, 0.25) is 0 Å². The number of aryl methyl sites for hydroxylation is 1. The lowest BCUT2D eigenvalue weighted by Gasteiger charge is -2.02. The quantitative estimate of drug-likeness (QED) is 0.682. The van der Waals surface area contributed by atoms with E-state index in [4.69, 9.17) is 0 Å². The fourth-order valence-electron chi connectivity index (χ4n) is 1.96. The third-order valence-electron chi connectivity index (χ3n) is 2.82. The van der Waals surface area contributed by atoms with Gasteiger partial charge >= 0.3 is 0 Å². The summed E-state index contributed by atoms with van der Waals surface area (Å²) in [4.78, 5) is 8.30. The SMILES string of the molecule is Cn1cc(-c2ccncc2)c(-c2ccc(Br)nc2)n1. The zero-order valence-corrected chi connectivity index (χ0v) is 11.9. The van der Waals surface area contributed by atoms with Gasteiger partial charge in [0.05, 0.1) is 0 Å². The number of pyridine rings is 2. The Balaban J connectivity index is 2.15. The first-order valence-electron chi connectivity index (χ1n) is 5.80. The van der Waals surface area contributed by atoms with Crippen molar-refractivity contribution < 1.29 is 0 Å². The first kappa shape index (κ1) is 12.0. The van der Waals surface area contributed by atoms with Gasteiger partial charge in [-0.25, -0.2) is 4.98 Å². The maximum atomic E-state index is 4.53. The minimum atomic E-state index is 0.817. The van der Waals surface area contributed by atoms with Crippen LogP contribution < -0.4 is 0 Å². The van der Waals surface area contributed by atoms with E-state index in [1.807, 2.05) is 48.4 Å². The van der Waals surface area contributed by atoms with Crippen molar-refractivity contribution >= 4 is 15.9 Å². The van der Waals surface area contributed by atoms with Gasteiger partial charge in [0.1, 0.15) is 10.3 Å². The minimum absolute atomic E-state index is 0.817. The first-order chi connectivity index (χ1) is 9.24. The van der Waals surface area contributed by atoms with Crippen molar-refractivity contribution in [2.24, 2.45) is 7.05 Å². The summed E-state index contributed by atoms with van der Waals surface area (Å²) in [5.74, 6) is 0. The Hall–Kier alpha value is -2.01. The molecule has 0 aliphatic rings. The van der Waals surface area contributed by atoms with Crippen LogP contribution >= 0.6 is 15.9 Å². The predicted octanol–water partition coefficient (Wildman–Crippen LogP) is 3.31. The Kier molecular flexibility index (Phi) is 3.13. The van der Waals surface area contributed by atoms with Gasteiger partial charge < -0.3 is 0 Å². The maximum Gasteiger partial charge on any atom is 0.106 e. The molecule has 94 valence electrons. The second-order valence-electron chi connectivity index (χ2n) is 4.17. The average Bonchev–Trinajstić information content (AvgIpc) is 2.83. The molecule has 0 unspecified atom stereocenters. The Labute approximate surface area is 119 Å². The van der Waals surface area contributed by atoms with Gasteiger partial charge in [0, 0.05) is 43.0 Å². The van der Waals surface area contributed by atoms with Gasteiger partial charge in [-0.05, 0) is 45.8 Å². The van der Waals surface area contributed by atoms with Crippen molar-refractivity contribution in [2.75, 3.05) is 0 Å². The van der Waals surface area contributed by atoms with Crippen molar-refractivity contribution in [3.63, 3.8) is 0 Å². The summed E-state index contributed by atoms with van der Waals surface area (Å²) < 4.78 is 2.63. The summed E-state index contributed by atoms with van der Waals surface area (Å²) in [5.41, 5.74) is 4.10. The lowest BCUT2D eigenvalue weighted by Crippen LogP contribution is -1.88. The van der Waals surface area contributed by atoms with Crippen molar-refractivity contribution in [1.29, 1.82) is 0 Å². The van der Waals surface area contributed by atoms with E-state index >= 15 is 0 Å². The topological polar surface area (TPSA) is 43.6 Å². The number of nitrogens with zero attached hydrogens (tertiary/aromatic N) is 4. The second kappa shape index (κ2) is 4.93. The lowest BCUT2D eigenvalue weighted by molar-refractivity contribution is 0.771. The fourth-order valence-corrected chi connectivity index (χ4v) is 2.19. The molecule has 0 N–H and O–H groups in total. The van der Waals surface area contributed by atoms with E-state index in [0.717, 1.165) is 27.0 Å². The second-order valence-corrected chi connectivity index (χ2v) is 4.98. The summed E-state index contributed by atoms with van der Waals surface area (Å²) >= 11 is 3.34. The van der Waals surface area contributed by atoms with Crippen LogP contribution in [0, 0.1) is 0 Å². The van der Waals surface area contributed by atoms with E-state index in [2.05, 4.69) is 31.0 Å². The molecule has 0 saturated heterocycles. The van der Waals surface area contributed by atoms with Gasteiger partial charge in [-0.2, -0.15) is 5.10 Å². The number of rotatable bonds is 2. The lowest BCUT2D eigenvalue weighted by atomic mass is 10.0. The van der Waals surface area contributed by atoms with Crippen LogP contribution in [0.5, 0.6) is 0 Å². The summed E-state index contributed by atoms with van der Waals surface area (Å²) in [6, 6.07) is 7.88. The van der Waals surface area contributed by atoms with Gasteiger partial charge in [-0.15, -0.1) is 0 Å². The predicted molar refractivity (Wildman–Crippen MR) is 77.4 cm³/mol. The molecule has 0 bridgehead atoms. The highest BCUT2D eigenvalue weighted by Gasteiger charge is 2.12. The highest BCUT2D eigenvalue weighted by Crippen LogP contribution is 2.30. The monoisotopic (exact) mass is 314 g/mol. The largest absolute Gasteiger partial charge is 0.275 e. The maximum absolute atomic E-state index is 4.53. The number of hydrogen-bond donors (Lipinski definition) is 0. The van der Waals surface area contributed by atoms with E-state index in [9.17, 15) is 0 Å². The molecule has 5 heteroatoms. The molecule has 0 aliphatic carbocycles. The van der Waals surface area contributed by atoms with Crippen LogP contribution in [0.4, 0.5) is 0 Å². The van der Waals surface area contributed by atoms with Gasteiger partial charge in [0.15, 0.2) is 0 Å². The normalized spacial score (nSPS) is 10.6. The summed E-state index contributed by atoms with van der Waals surface area (Å²) in [6.45, 7) is 0. The van der Waals surface area contributed by atoms with Crippen molar-refractivity contribution in [1.82, 2.24) is 19.7 Å². The van der Waals surface area contributed by atoms with Crippen LogP contribution in [0.15, 0.2) is 53.7 Å². The highest BCUT2D eigenvalue weighted by molar-refractivity contribution is 9.10. The Bertz CT molecular complexity index is 689. The van der Waals surface area contributed by atoms with E-state index in [0.29, 0.717) is 0 Å². The summed E-state index contributed by atoms with van der Waals surface area (Å²) in [5, 5.41) is 4.53. The third kappa shape index (κ3) is 2.42. The Morgan fingerprint density at radius 3 is 2.53 bits per heavy atom. The highest BCUT2D eigenvalue weighted by atomic mass is 79.9. The molecule has 0 fully saturated rings. The fraction of sp³-hybridized carbons (Fsp3) is 0.0714. The van der Waals surface area contributed by atoms with E-state index < -0.39 is 0 Å². The van der Waals surface area contributed by atoms with Crippen molar-refractivity contribution in [2.45, 2.75) is 0 Å². The number of aromatic nitrogens is 4. The van der Waals surface area contributed by atoms with Crippen LogP contribution in [-0.2, 0) is 7.05 Å². The number of halogens is 1. The summed E-state index contributed by atoms with van der Waals surface area (Å²) in [7, 11) is 1.92. The molecule has 0 atom stereocenters. The van der Waals surface area contributed by atoms with E-state index in [1.54, 1.807) is 12.4 Å². The molecule has 4 nitrogen and oxygen atoms in total. The van der Waals surface area contributed by atoms with Crippen LogP contribution in [-0.4, -0.2) is 19.7 Å². The van der Waals surface area contributed by atoms with E-state index in [-0.39, 0.29) is 0 Å². The van der Waals surface area contributed by atoms with Crippen LogP contribution in [0.25, 0.3) is 22.4 Å². The molecule has 3 rings (SSSR count). The minimum Gasteiger partial charge on any atom is -0.275 e. The molecule has 19 heavy (non-hydrogen) atoms. The van der Waals surface area contributed by atoms with E-state index in [1.165, 1.54) is 0 Å². The molecule has 3 aromatic rings. The molecule has 0 radical (unpaired) electrons. The van der Waals surface area contributed by atoms with Crippen molar-refractivity contribution in [3.05, 3.63) is 53.7 Å². The van der Waals surface area contributed by atoms with Gasteiger partial charge in [0.25, 0.3) is 0 Å². The third-order valence-corrected chi connectivity index (χ3v) is 3.29. The standard InChI is InChI=1S/C14H11BrN4/c1-19-9-12(10-4-6-16-7-5-10)14(18-19)11-2-3-13(15)17-8-11/h2-9H,1H3. The van der Waals surface area contributed by atoms with Crippen molar-refractivity contribution in [3.8, 4) is 22.4 Å². The smallest absolute Gasteiger partial charge is 0.106 e. The van der Waals surface area contributed by atoms with Crippen LogP contribution in [0.1, 0.15) is 0 Å². The van der Waals surface area contributed by atoms with Gasteiger partial charge in [0.2, 0.25) is 0 Å². The molecule has 0 aliphatic heterocycles. The molecular weight excluding hydrogens is 304 g/mol. The zero-order chi connectivity index (χ0) is 13.2. The summed E-state index contributed by atoms with van der Waals surface area (Å²) in [6.07, 6.45) is 7.39. The van der Waals surface area contributed by atoms with Gasteiger partial charge in [-0.3, -0.25) is 9.67 Å². The molecule has 0 saturated carbocycles. The molecule has 0 spiro atoms. The van der Waals surface area contributed by atoms with Crippen LogP contribution in [0.3, 0.4) is 0 Å². The molecule has 0 amide bonds. The molecule has 0 aromatic carbocycles. The molecule has 3 aromatic heterocycles. The Morgan fingerprint density at radius 1 is 1.05 bits per heavy atom. The van der Waals surface area contributed by atoms with Gasteiger partial charge in [-0.1, -0.05) is 0 Å². The zero-order valence-electron chi connectivity index (χ0n) is 10.3. The molecular formula is C14H11BrN4. The first-order valence-corrected chi connectivity index (χ1v) is 6.59.